The highest BCUT2D eigenvalue weighted by molar-refractivity contribution is 8.00. The minimum Gasteiger partial charge on any atom is -0.383 e. The molecule has 2 aliphatic heterocycles. The number of carbonyl (C=O) groups is 8. The van der Waals surface area contributed by atoms with Gasteiger partial charge in [-0.3, -0.25) is 33.6 Å². The lowest BCUT2D eigenvalue weighted by Gasteiger charge is -2.31. The van der Waals surface area contributed by atoms with Crippen molar-refractivity contribution in [2.45, 2.75) is 94.6 Å². The van der Waals surface area contributed by atoms with Crippen molar-refractivity contribution in [1.82, 2.24) is 40.9 Å². The Kier molecular flexibility index (Phi) is 23.8. The minimum absolute atomic E-state index is 0.00152. The molecule has 21 heteroatoms. The Bertz CT molecular complexity index is 2010. The van der Waals surface area contributed by atoms with Crippen LogP contribution in [0, 0.1) is 0 Å². The van der Waals surface area contributed by atoms with Gasteiger partial charge in [0.1, 0.15) is 12.6 Å². The normalized spacial score (nSPS) is 16.5. The number of ether oxygens (including phenoxy) is 2. The molecule has 0 radical (unpaired) electrons. The summed E-state index contributed by atoms with van der Waals surface area (Å²) in [6.07, 6.45) is 5.22. The van der Waals surface area contributed by atoms with Crippen LogP contribution in [0.3, 0.4) is 0 Å². The SMILES string of the molecule is COCCN(CC(=O)N[C@@H](CCCCNC(=O)CCCCC1SC[C@@H]2NC(=O)N[C@H]12)C(N)=O)C(=O)CN(CCOC)C(=O)CN(CCCCN)C(=O)CN(Cc1cccc2ccccc12)C(C)=O. The molecule has 2 saturated heterocycles. The Morgan fingerprint density at radius 3 is 2.07 bits per heavy atom. The van der Waals surface area contributed by atoms with Crippen LogP contribution in [0.2, 0.25) is 0 Å². The van der Waals surface area contributed by atoms with Gasteiger partial charge >= 0.3 is 6.03 Å². The molecule has 0 saturated carbocycles. The summed E-state index contributed by atoms with van der Waals surface area (Å²) in [7, 11) is 2.89. The summed E-state index contributed by atoms with van der Waals surface area (Å²) in [4.78, 5) is 110. The zero-order valence-electron chi connectivity index (χ0n) is 39.8. The molecule has 0 aromatic heterocycles. The Labute approximate surface area is 403 Å². The number of methoxy groups -OCH3 is 2. The van der Waals surface area contributed by atoms with E-state index in [0.717, 1.165) is 41.4 Å². The fraction of sp³-hybridized carbons (Fsp3) is 0.617. The number of hydrogen-bond acceptors (Lipinski definition) is 12. The van der Waals surface area contributed by atoms with Gasteiger partial charge in [-0.05, 0) is 67.8 Å². The van der Waals surface area contributed by atoms with Gasteiger partial charge in [0, 0.05) is 71.3 Å². The molecule has 0 aliphatic carbocycles. The number of nitrogens with two attached hydrogens (primary N) is 2. The molecule has 20 nitrogen and oxygen atoms in total. The average Bonchev–Trinajstić information content (AvgIpc) is 3.87. The molecule has 0 bridgehead atoms. The average molecular weight is 969 g/mol. The number of hydrogen-bond donors (Lipinski definition) is 6. The molecule has 2 fully saturated rings. The third kappa shape index (κ3) is 18.2. The van der Waals surface area contributed by atoms with Crippen LogP contribution in [0.4, 0.5) is 4.79 Å². The van der Waals surface area contributed by atoms with Crippen LogP contribution in [-0.2, 0) is 49.6 Å². The number of amides is 9. The van der Waals surface area contributed by atoms with E-state index in [9.17, 15) is 38.4 Å². The lowest BCUT2D eigenvalue weighted by Crippen LogP contribution is -2.53. The first-order valence-electron chi connectivity index (χ1n) is 23.5. The molecule has 0 spiro atoms. The molecule has 1 unspecified atom stereocenters. The first-order valence-corrected chi connectivity index (χ1v) is 24.6. The lowest BCUT2D eigenvalue weighted by molar-refractivity contribution is -0.147. The number of fused-ring (bicyclic) bond motifs is 2. The summed E-state index contributed by atoms with van der Waals surface area (Å²) in [5, 5.41) is 13.7. The van der Waals surface area contributed by atoms with E-state index in [1.165, 1.54) is 40.7 Å². The Balaban J connectivity index is 1.28. The largest absolute Gasteiger partial charge is 0.383 e. The molecular formula is C47H72N10O10S. The highest BCUT2D eigenvalue weighted by Crippen LogP contribution is 2.33. The molecule has 68 heavy (non-hydrogen) atoms. The summed E-state index contributed by atoms with van der Waals surface area (Å²) in [5.41, 5.74) is 12.3. The molecule has 4 atom stereocenters. The highest BCUT2D eigenvalue weighted by atomic mass is 32.2. The predicted molar refractivity (Wildman–Crippen MR) is 259 cm³/mol. The monoisotopic (exact) mass is 969 g/mol. The maximum absolute atomic E-state index is 14.0. The first-order chi connectivity index (χ1) is 32.7. The molecule has 8 N–H and O–H groups in total. The molecule has 376 valence electrons. The van der Waals surface area contributed by atoms with E-state index in [-0.39, 0.29) is 88.8 Å². The summed E-state index contributed by atoms with van der Waals surface area (Å²) in [5.74, 6) is -2.47. The molecule has 2 heterocycles. The van der Waals surface area contributed by atoms with Crippen LogP contribution >= 0.6 is 11.8 Å². The molecular weight excluding hydrogens is 897 g/mol. The van der Waals surface area contributed by atoms with E-state index in [1.54, 1.807) is 0 Å². The third-order valence-corrected chi connectivity index (χ3v) is 13.6. The summed E-state index contributed by atoms with van der Waals surface area (Å²) < 4.78 is 10.5. The Morgan fingerprint density at radius 1 is 0.765 bits per heavy atom. The van der Waals surface area contributed by atoms with Crippen molar-refractivity contribution in [3.05, 3.63) is 48.0 Å². The van der Waals surface area contributed by atoms with Crippen molar-refractivity contribution in [1.29, 1.82) is 0 Å². The topological polar surface area (TPSA) is 268 Å². The minimum atomic E-state index is -1.03. The van der Waals surface area contributed by atoms with Gasteiger partial charge in [-0.2, -0.15) is 11.8 Å². The molecule has 9 amide bonds. The van der Waals surface area contributed by atoms with E-state index in [2.05, 4.69) is 21.3 Å². The number of unbranched alkanes of at least 4 members (excludes halogenated alkanes) is 3. The van der Waals surface area contributed by atoms with Crippen molar-refractivity contribution >= 4 is 69.9 Å². The molecule has 4 rings (SSSR count). The number of nitrogens with zero attached hydrogens (tertiary/aromatic N) is 4. The maximum Gasteiger partial charge on any atom is 0.315 e. The van der Waals surface area contributed by atoms with Crippen LogP contribution in [0.5, 0.6) is 0 Å². The number of urea groups is 1. The zero-order chi connectivity index (χ0) is 49.4. The van der Waals surface area contributed by atoms with Gasteiger partial charge in [-0.15, -0.1) is 0 Å². The van der Waals surface area contributed by atoms with Gasteiger partial charge in [-0.25, -0.2) is 4.79 Å². The number of primary amides is 1. The van der Waals surface area contributed by atoms with E-state index >= 15 is 0 Å². The zero-order valence-corrected chi connectivity index (χ0v) is 40.7. The number of nitrogens with one attached hydrogen (secondary N) is 4. The van der Waals surface area contributed by atoms with E-state index in [1.807, 2.05) is 54.2 Å². The summed E-state index contributed by atoms with van der Waals surface area (Å²) in [6, 6.07) is 12.7. The van der Waals surface area contributed by atoms with Gasteiger partial charge in [0.2, 0.25) is 41.4 Å². The number of thioether (sulfide) groups is 1. The third-order valence-electron chi connectivity index (χ3n) is 12.1. The van der Waals surface area contributed by atoms with Crippen LogP contribution in [0.1, 0.15) is 70.3 Å². The van der Waals surface area contributed by atoms with E-state index in [0.29, 0.717) is 50.4 Å². The Hall–Kier alpha value is -5.51. The summed E-state index contributed by atoms with van der Waals surface area (Å²) in [6.45, 7) is 1.09. The standard InChI is InChI=1S/C47H72N10O10S/c1-33(58)57(27-35-15-12-14-34-13-4-5-16-36(34)35)31-44(63)54(22-11-9-20-48)29-43(62)56(24-26-67-3)30-42(61)55(23-25-66-2)28-41(60)51-37(46(49)64)17-8-10-21-50-40(59)19-7-6-18-39-45-38(32-68-39)52-47(65)53-45/h4-5,12-16,37-39,45H,6-11,17-32,48H2,1-3H3,(H2,49,64)(H,50,59)(H,51,60)(H2,52,53,65)/t37-,38-,39?,45-/m0/s1. The second kappa shape index (κ2) is 29.4. The number of rotatable bonds is 32. The van der Waals surface area contributed by atoms with Crippen molar-refractivity contribution < 1.29 is 47.8 Å². The molecule has 2 aromatic rings. The number of carbonyl (C=O) groups excluding carboxylic acids is 8. The van der Waals surface area contributed by atoms with E-state index in [4.69, 9.17) is 20.9 Å². The van der Waals surface area contributed by atoms with Gasteiger partial charge < -0.3 is 61.8 Å². The van der Waals surface area contributed by atoms with Gasteiger partial charge in [0.05, 0.1) is 44.9 Å². The van der Waals surface area contributed by atoms with Crippen molar-refractivity contribution in [3.63, 3.8) is 0 Å². The van der Waals surface area contributed by atoms with Crippen LogP contribution in [0.25, 0.3) is 10.8 Å². The quantitative estimate of drug-likeness (QED) is 0.0437. The fourth-order valence-electron chi connectivity index (χ4n) is 8.19. The predicted octanol–water partition coefficient (Wildman–Crippen LogP) is 0.688. The highest BCUT2D eigenvalue weighted by Gasteiger charge is 2.42. The van der Waals surface area contributed by atoms with Gasteiger partial charge in [0.25, 0.3) is 0 Å². The van der Waals surface area contributed by atoms with Crippen molar-refractivity contribution in [2.24, 2.45) is 11.5 Å². The van der Waals surface area contributed by atoms with Gasteiger partial charge in [0.15, 0.2) is 0 Å². The second-order valence-corrected chi connectivity index (χ2v) is 18.4. The first kappa shape index (κ1) is 55.1. The van der Waals surface area contributed by atoms with Crippen LogP contribution in [-0.4, -0.2) is 182 Å². The fourth-order valence-corrected chi connectivity index (χ4v) is 9.74. The van der Waals surface area contributed by atoms with Crippen molar-refractivity contribution in [2.75, 3.05) is 92.1 Å². The molecule has 2 aliphatic rings. The summed E-state index contributed by atoms with van der Waals surface area (Å²) >= 11 is 1.84. The van der Waals surface area contributed by atoms with Gasteiger partial charge in [-0.1, -0.05) is 48.9 Å². The lowest BCUT2D eigenvalue weighted by atomic mass is 10.0. The van der Waals surface area contributed by atoms with Crippen LogP contribution in [0.15, 0.2) is 42.5 Å². The maximum atomic E-state index is 14.0. The number of benzene rings is 2. The van der Waals surface area contributed by atoms with E-state index < -0.39 is 48.7 Å². The van der Waals surface area contributed by atoms with Crippen LogP contribution < -0.4 is 32.7 Å². The molecule has 2 aromatic carbocycles. The smallest absolute Gasteiger partial charge is 0.315 e. The van der Waals surface area contributed by atoms with Crippen molar-refractivity contribution in [3.8, 4) is 0 Å². The second-order valence-electron chi connectivity index (χ2n) is 17.2. The Morgan fingerprint density at radius 2 is 1.41 bits per heavy atom.